The molecule has 32 heavy (non-hydrogen) atoms. The summed E-state index contributed by atoms with van der Waals surface area (Å²) < 4.78 is 2.18. The number of carbonyl (C=O) groups excluding carboxylic acids is 1. The number of carbonyl (C=O) groups is 1. The number of H-pyrrole nitrogens is 1. The van der Waals surface area contributed by atoms with Crippen LogP contribution in [0.3, 0.4) is 0 Å². The van der Waals surface area contributed by atoms with E-state index in [-0.39, 0.29) is 11.0 Å². The van der Waals surface area contributed by atoms with E-state index in [1.165, 1.54) is 30.2 Å². The van der Waals surface area contributed by atoms with Crippen LogP contribution in [0.1, 0.15) is 41.5 Å². The Morgan fingerprint density at radius 2 is 1.78 bits per heavy atom. The summed E-state index contributed by atoms with van der Waals surface area (Å²) in [6.07, 6.45) is 4.30. The molecule has 0 bridgehead atoms. The molecule has 2 aromatic heterocycles. The highest BCUT2D eigenvalue weighted by molar-refractivity contribution is 8.00. The molecule has 1 saturated heterocycles. The second kappa shape index (κ2) is 9.30. The monoisotopic (exact) mass is 445 g/mol. The summed E-state index contributed by atoms with van der Waals surface area (Å²) >= 11 is 1.49. The third-order valence-electron chi connectivity index (χ3n) is 6.05. The highest BCUT2D eigenvalue weighted by Crippen LogP contribution is 2.29. The molecule has 0 spiro atoms. The molecule has 5 rings (SSSR count). The van der Waals surface area contributed by atoms with E-state index >= 15 is 0 Å². The average molecular weight is 446 g/mol. The normalized spacial score (nSPS) is 15.4. The predicted molar refractivity (Wildman–Crippen MR) is 128 cm³/mol. The Morgan fingerprint density at radius 1 is 1.03 bits per heavy atom. The van der Waals surface area contributed by atoms with Crippen molar-refractivity contribution in [1.29, 1.82) is 0 Å². The lowest BCUT2D eigenvalue weighted by Gasteiger charge is -2.17. The number of fused-ring (bicyclic) bond motifs is 1. The zero-order valence-electron chi connectivity index (χ0n) is 18.2. The van der Waals surface area contributed by atoms with Crippen molar-refractivity contribution in [1.82, 2.24) is 24.6 Å². The van der Waals surface area contributed by atoms with Gasteiger partial charge in [-0.25, -0.2) is 0 Å². The molecule has 1 fully saturated rings. The second-order valence-corrected chi connectivity index (χ2v) is 9.63. The lowest BCUT2D eigenvalue weighted by Crippen LogP contribution is -2.22. The summed E-state index contributed by atoms with van der Waals surface area (Å²) in [7, 11) is 0. The van der Waals surface area contributed by atoms with E-state index in [1.54, 1.807) is 0 Å². The smallest absolute Gasteiger partial charge is 0.192 e. The largest absolute Gasteiger partial charge is 0.360 e. The molecule has 1 aliphatic rings. The number of aromatic amines is 1. The van der Waals surface area contributed by atoms with Crippen LogP contribution < -0.4 is 0 Å². The number of benzene rings is 2. The Morgan fingerprint density at radius 3 is 2.59 bits per heavy atom. The van der Waals surface area contributed by atoms with Crippen molar-refractivity contribution in [3.63, 3.8) is 0 Å². The van der Waals surface area contributed by atoms with Crippen LogP contribution in [0.2, 0.25) is 0 Å². The molecule has 1 atom stereocenters. The van der Waals surface area contributed by atoms with Gasteiger partial charge in [0, 0.05) is 22.7 Å². The van der Waals surface area contributed by atoms with E-state index < -0.39 is 0 Å². The molecule has 3 heterocycles. The molecule has 0 radical (unpaired) electrons. The van der Waals surface area contributed by atoms with Crippen molar-refractivity contribution in [2.75, 3.05) is 13.1 Å². The van der Waals surface area contributed by atoms with Crippen LogP contribution in [0.5, 0.6) is 0 Å². The number of likely N-dealkylation sites (tertiary alicyclic amines) is 1. The van der Waals surface area contributed by atoms with Crippen LogP contribution in [-0.4, -0.2) is 48.8 Å². The van der Waals surface area contributed by atoms with Gasteiger partial charge in [0.15, 0.2) is 10.9 Å². The number of para-hydroxylation sites is 1. The Hall–Kier alpha value is -2.90. The first kappa shape index (κ1) is 21.0. The first-order valence-electron chi connectivity index (χ1n) is 11.1. The minimum atomic E-state index is -0.271. The molecule has 1 N–H and O–H groups in total. The molecule has 164 valence electrons. The summed E-state index contributed by atoms with van der Waals surface area (Å²) in [5.74, 6) is 1.06. The fourth-order valence-corrected chi connectivity index (χ4v) is 5.23. The zero-order chi connectivity index (χ0) is 21.9. The first-order chi connectivity index (χ1) is 15.7. The van der Waals surface area contributed by atoms with Crippen molar-refractivity contribution < 1.29 is 4.79 Å². The van der Waals surface area contributed by atoms with Gasteiger partial charge in [-0.1, -0.05) is 60.3 Å². The maximum absolute atomic E-state index is 13.3. The van der Waals surface area contributed by atoms with Gasteiger partial charge in [-0.05, 0) is 44.5 Å². The maximum Gasteiger partial charge on any atom is 0.192 e. The van der Waals surface area contributed by atoms with Gasteiger partial charge in [0.1, 0.15) is 5.82 Å². The van der Waals surface area contributed by atoms with Crippen LogP contribution in [0.25, 0.3) is 10.9 Å². The van der Waals surface area contributed by atoms with Gasteiger partial charge >= 0.3 is 0 Å². The number of hydrogen-bond acceptors (Lipinski definition) is 5. The number of nitrogens with one attached hydrogen (secondary N) is 1. The Bertz CT molecular complexity index is 1210. The molecule has 1 unspecified atom stereocenters. The average Bonchev–Trinajstić information content (AvgIpc) is 3.56. The molecule has 1 aliphatic heterocycles. The van der Waals surface area contributed by atoms with Crippen LogP contribution >= 0.6 is 11.8 Å². The molecule has 0 aliphatic carbocycles. The van der Waals surface area contributed by atoms with E-state index in [9.17, 15) is 4.79 Å². The van der Waals surface area contributed by atoms with E-state index in [0.29, 0.717) is 6.54 Å². The zero-order valence-corrected chi connectivity index (χ0v) is 19.0. The van der Waals surface area contributed by atoms with Crippen molar-refractivity contribution >= 4 is 28.4 Å². The topological polar surface area (TPSA) is 66.8 Å². The number of ketones is 1. The van der Waals surface area contributed by atoms with Crippen LogP contribution in [0, 0.1) is 0 Å². The van der Waals surface area contributed by atoms with Gasteiger partial charge in [0.25, 0.3) is 0 Å². The molecule has 6 nitrogen and oxygen atoms in total. The number of thioether (sulfide) groups is 1. The third-order valence-corrected chi connectivity index (χ3v) is 7.13. The number of nitrogens with zero attached hydrogens (tertiary/aromatic N) is 4. The van der Waals surface area contributed by atoms with E-state index in [4.69, 9.17) is 0 Å². The van der Waals surface area contributed by atoms with Gasteiger partial charge in [-0.2, -0.15) is 0 Å². The lowest BCUT2D eigenvalue weighted by molar-refractivity contribution is 0.0995. The molecule has 0 saturated carbocycles. The fourth-order valence-electron chi connectivity index (χ4n) is 4.29. The molecular formula is C25H27N5OS. The van der Waals surface area contributed by atoms with Gasteiger partial charge < -0.3 is 9.55 Å². The first-order valence-corrected chi connectivity index (χ1v) is 12.0. The quantitative estimate of drug-likeness (QED) is 0.313. The second-order valence-electron chi connectivity index (χ2n) is 8.33. The maximum atomic E-state index is 13.3. The summed E-state index contributed by atoms with van der Waals surface area (Å²) in [4.78, 5) is 18.9. The Balaban J connectivity index is 1.40. The number of hydrogen-bond donors (Lipinski definition) is 1. The van der Waals surface area contributed by atoms with Gasteiger partial charge in [-0.15, -0.1) is 10.2 Å². The Labute approximate surface area is 192 Å². The lowest BCUT2D eigenvalue weighted by atomic mass is 10.1. The minimum Gasteiger partial charge on any atom is -0.360 e. The molecule has 0 amide bonds. The number of aromatic nitrogens is 4. The van der Waals surface area contributed by atoms with Gasteiger partial charge in [0.2, 0.25) is 0 Å². The van der Waals surface area contributed by atoms with Crippen LogP contribution in [-0.2, 0) is 13.1 Å². The standard InChI is InChI=1S/C25H27N5OS/c1-18(24(31)21-15-26-22-12-6-5-11-20(21)22)32-25-28-27-23(17-29-13-7-8-14-29)30(25)16-19-9-3-2-4-10-19/h2-6,9-12,15,18,26H,7-8,13-14,16-17H2,1H3. The van der Waals surface area contributed by atoms with E-state index in [1.807, 2.05) is 43.5 Å². The molecular weight excluding hydrogens is 418 g/mol. The third kappa shape index (κ3) is 4.36. The van der Waals surface area contributed by atoms with Gasteiger partial charge in [-0.3, -0.25) is 9.69 Å². The summed E-state index contributed by atoms with van der Waals surface area (Å²) in [6, 6.07) is 18.3. The van der Waals surface area contributed by atoms with E-state index in [0.717, 1.165) is 47.1 Å². The molecule has 2 aromatic carbocycles. The van der Waals surface area contributed by atoms with E-state index in [2.05, 4.69) is 48.9 Å². The predicted octanol–water partition coefficient (Wildman–Crippen LogP) is 4.77. The number of Topliss-reactive ketones (excluding diaryl/α,β-unsaturated/α-hetero) is 1. The number of rotatable bonds is 8. The van der Waals surface area contributed by atoms with Crippen molar-refractivity contribution in [3.05, 3.63) is 77.7 Å². The van der Waals surface area contributed by atoms with Crippen molar-refractivity contribution in [3.8, 4) is 0 Å². The van der Waals surface area contributed by atoms with Crippen molar-refractivity contribution in [2.45, 2.75) is 43.3 Å². The fraction of sp³-hybridized carbons (Fsp3) is 0.320. The van der Waals surface area contributed by atoms with Crippen LogP contribution in [0.15, 0.2) is 66.0 Å². The minimum absolute atomic E-state index is 0.0998. The summed E-state index contributed by atoms with van der Waals surface area (Å²) in [5, 5.41) is 10.5. The SMILES string of the molecule is CC(Sc1nnc(CN2CCCC2)n1Cc1ccccc1)C(=O)c1c[nH]c2ccccc12. The van der Waals surface area contributed by atoms with Gasteiger partial charge in [0.05, 0.1) is 18.3 Å². The highest BCUT2D eigenvalue weighted by atomic mass is 32.2. The summed E-state index contributed by atoms with van der Waals surface area (Å²) in [6.45, 7) is 5.67. The van der Waals surface area contributed by atoms with Crippen molar-refractivity contribution in [2.24, 2.45) is 0 Å². The molecule has 4 aromatic rings. The van der Waals surface area contributed by atoms with Crippen LogP contribution in [0.4, 0.5) is 0 Å². The highest BCUT2D eigenvalue weighted by Gasteiger charge is 2.24. The Kier molecular flexibility index (Phi) is 6.10. The summed E-state index contributed by atoms with van der Waals surface area (Å²) in [5.41, 5.74) is 2.91. The molecule has 7 heteroatoms.